The van der Waals surface area contributed by atoms with Crippen molar-refractivity contribution in [1.82, 2.24) is 15.5 Å². The molecule has 0 aromatic heterocycles. The maximum atomic E-state index is 11.9. The monoisotopic (exact) mass is 289 g/mol. The van der Waals surface area contributed by atoms with Crippen LogP contribution >= 0.6 is 0 Å². The smallest absolute Gasteiger partial charge is 0.251 e. The molecule has 21 heavy (non-hydrogen) atoms. The quantitative estimate of drug-likeness (QED) is 0.741. The Kier molecular flexibility index (Phi) is 6.62. The third kappa shape index (κ3) is 5.04. The minimum Gasteiger partial charge on any atom is -0.355 e. The lowest BCUT2D eigenvalue weighted by atomic mass is 10.1. The first kappa shape index (κ1) is 16.9. The molecule has 5 nitrogen and oxygen atoms in total. The maximum absolute atomic E-state index is 11.9. The zero-order valence-electron chi connectivity index (χ0n) is 12.8. The Morgan fingerprint density at radius 1 is 1.33 bits per heavy atom. The topological polar surface area (TPSA) is 61.4 Å². The van der Waals surface area contributed by atoms with Crippen molar-refractivity contribution < 1.29 is 9.59 Å². The molecule has 1 unspecified atom stereocenters. The van der Waals surface area contributed by atoms with Crippen LogP contribution in [0.2, 0.25) is 0 Å². The Morgan fingerprint density at radius 2 is 1.95 bits per heavy atom. The Hall–Kier alpha value is -2.14. The van der Waals surface area contributed by atoms with Gasteiger partial charge in [0.1, 0.15) is 0 Å². The van der Waals surface area contributed by atoms with E-state index >= 15 is 0 Å². The van der Waals surface area contributed by atoms with Crippen LogP contribution in [0, 0.1) is 0 Å². The summed E-state index contributed by atoms with van der Waals surface area (Å²) < 4.78 is 0. The maximum Gasteiger partial charge on any atom is 0.251 e. The van der Waals surface area contributed by atoms with Gasteiger partial charge >= 0.3 is 0 Å². The fraction of sp³-hybridized carbons (Fsp3) is 0.375. The molecule has 5 heteroatoms. The van der Waals surface area contributed by atoms with Crippen molar-refractivity contribution in [3.63, 3.8) is 0 Å². The zero-order chi connectivity index (χ0) is 15.8. The highest BCUT2D eigenvalue weighted by molar-refractivity contribution is 5.93. The molecular weight excluding hydrogens is 266 g/mol. The van der Waals surface area contributed by atoms with Crippen LogP contribution in [0.3, 0.4) is 0 Å². The summed E-state index contributed by atoms with van der Waals surface area (Å²) in [4.78, 5) is 25.3. The predicted molar refractivity (Wildman–Crippen MR) is 84.0 cm³/mol. The number of rotatable bonds is 7. The van der Waals surface area contributed by atoms with Crippen molar-refractivity contribution in [3.8, 4) is 0 Å². The molecule has 2 amide bonds. The summed E-state index contributed by atoms with van der Waals surface area (Å²) in [5.74, 6) is -0.133. The standard InChI is InChI=1S/C16H23N3O2/c1-5-10-18-15(20)12(2)19(4)11-13-6-8-14(9-7-13)16(21)17-3/h5-9,12H,1,10-11H2,2-4H3,(H,17,21)(H,18,20). The van der Waals surface area contributed by atoms with Gasteiger partial charge in [0.25, 0.3) is 5.91 Å². The van der Waals surface area contributed by atoms with Gasteiger partial charge in [-0.2, -0.15) is 0 Å². The van der Waals surface area contributed by atoms with E-state index in [-0.39, 0.29) is 17.9 Å². The lowest BCUT2D eigenvalue weighted by molar-refractivity contribution is -0.125. The van der Waals surface area contributed by atoms with E-state index in [1.165, 1.54) is 0 Å². The highest BCUT2D eigenvalue weighted by Crippen LogP contribution is 2.09. The van der Waals surface area contributed by atoms with Crippen LogP contribution in [0.25, 0.3) is 0 Å². The lowest BCUT2D eigenvalue weighted by Gasteiger charge is -2.23. The van der Waals surface area contributed by atoms with Gasteiger partial charge in [-0.25, -0.2) is 0 Å². The molecule has 0 heterocycles. The second-order valence-electron chi connectivity index (χ2n) is 4.90. The van der Waals surface area contributed by atoms with Crippen LogP contribution in [0.4, 0.5) is 0 Å². The Morgan fingerprint density at radius 3 is 2.48 bits per heavy atom. The largest absolute Gasteiger partial charge is 0.355 e. The van der Waals surface area contributed by atoms with E-state index in [1.807, 2.05) is 31.0 Å². The molecule has 114 valence electrons. The van der Waals surface area contributed by atoms with Crippen molar-refractivity contribution in [2.45, 2.75) is 19.5 Å². The summed E-state index contributed by atoms with van der Waals surface area (Å²) in [6.45, 7) is 6.54. The third-order valence-corrected chi connectivity index (χ3v) is 3.34. The summed E-state index contributed by atoms with van der Waals surface area (Å²) in [6, 6.07) is 7.13. The molecule has 0 aliphatic carbocycles. The van der Waals surface area contributed by atoms with E-state index in [0.29, 0.717) is 18.7 Å². The fourth-order valence-corrected chi connectivity index (χ4v) is 1.85. The fourth-order valence-electron chi connectivity index (χ4n) is 1.85. The number of nitrogens with one attached hydrogen (secondary N) is 2. The van der Waals surface area contributed by atoms with Crippen molar-refractivity contribution in [2.24, 2.45) is 0 Å². The number of carbonyl (C=O) groups is 2. The summed E-state index contributed by atoms with van der Waals surface area (Å²) in [5.41, 5.74) is 1.68. The van der Waals surface area contributed by atoms with Crippen molar-refractivity contribution >= 4 is 11.8 Å². The minimum absolute atomic E-state index is 0.0284. The molecule has 1 atom stereocenters. The first-order valence-corrected chi connectivity index (χ1v) is 6.89. The molecule has 0 radical (unpaired) electrons. The molecule has 0 spiro atoms. The Labute approximate surface area is 126 Å². The van der Waals surface area contributed by atoms with Gasteiger partial charge in [0.2, 0.25) is 5.91 Å². The lowest BCUT2D eigenvalue weighted by Crippen LogP contribution is -2.42. The van der Waals surface area contributed by atoms with Gasteiger partial charge in [0, 0.05) is 25.7 Å². The zero-order valence-corrected chi connectivity index (χ0v) is 12.8. The summed E-state index contributed by atoms with van der Waals surface area (Å²) in [5, 5.41) is 5.36. The third-order valence-electron chi connectivity index (χ3n) is 3.34. The van der Waals surface area contributed by atoms with Gasteiger partial charge in [-0.3, -0.25) is 14.5 Å². The van der Waals surface area contributed by atoms with E-state index in [2.05, 4.69) is 17.2 Å². The molecule has 0 bridgehead atoms. The summed E-state index contributed by atoms with van der Waals surface area (Å²) >= 11 is 0. The summed E-state index contributed by atoms with van der Waals surface area (Å²) in [6.07, 6.45) is 1.65. The molecule has 0 saturated heterocycles. The number of hydrogen-bond donors (Lipinski definition) is 2. The average Bonchev–Trinajstić information content (AvgIpc) is 2.51. The number of amides is 2. The number of benzene rings is 1. The van der Waals surface area contributed by atoms with Crippen LogP contribution in [-0.4, -0.2) is 43.4 Å². The normalized spacial score (nSPS) is 11.8. The highest BCUT2D eigenvalue weighted by Gasteiger charge is 2.17. The SMILES string of the molecule is C=CCNC(=O)C(C)N(C)Cc1ccc(C(=O)NC)cc1. The highest BCUT2D eigenvalue weighted by atomic mass is 16.2. The van der Waals surface area contributed by atoms with Gasteiger partial charge in [0.05, 0.1) is 6.04 Å². The molecule has 1 aromatic carbocycles. The van der Waals surface area contributed by atoms with E-state index in [4.69, 9.17) is 0 Å². The van der Waals surface area contributed by atoms with Gasteiger partial charge in [-0.15, -0.1) is 6.58 Å². The molecule has 0 aliphatic rings. The van der Waals surface area contributed by atoms with E-state index in [9.17, 15) is 9.59 Å². The van der Waals surface area contributed by atoms with Crippen LogP contribution in [-0.2, 0) is 11.3 Å². The molecule has 0 fully saturated rings. The van der Waals surface area contributed by atoms with Crippen LogP contribution in [0.1, 0.15) is 22.8 Å². The average molecular weight is 289 g/mol. The number of nitrogens with zero attached hydrogens (tertiary/aromatic N) is 1. The molecule has 1 aromatic rings. The van der Waals surface area contributed by atoms with Gasteiger partial charge < -0.3 is 10.6 Å². The second kappa shape index (κ2) is 8.21. The van der Waals surface area contributed by atoms with Crippen molar-refractivity contribution in [1.29, 1.82) is 0 Å². The number of hydrogen-bond acceptors (Lipinski definition) is 3. The minimum atomic E-state index is -0.233. The Balaban J connectivity index is 2.61. The molecule has 1 rings (SSSR count). The molecular formula is C16H23N3O2. The second-order valence-corrected chi connectivity index (χ2v) is 4.90. The molecule has 0 saturated carbocycles. The van der Waals surface area contributed by atoms with Crippen LogP contribution in [0.5, 0.6) is 0 Å². The first-order valence-electron chi connectivity index (χ1n) is 6.89. The van der Waals surface area contributed by atoms with Crippen LogP contribution in [0.15, 0.2) is 36.9 Å². The molecule has 2 N–H and O–H groups in total. The van der Waals surface area contributed by atoms with Crippen molar-refractivity contribution in [3.05, 3.63) is 48.0 Å². The van der Waals surface area contributed by atoms with Gasteiger partial charge in [-0.05, 0) is 31.7 Å². The number of carbonyl (C=O) groups excluding carboxylic acids is 2. The first-order chi connectivity index (χ1) is 9.99. The number of likely N-dealkylation sites (N-methyl/N-ethyl adjacent to an activating group) is 1. The molecule has 0 aliphatic heterocycles. The van der Waals surface area contributed by atoms with Gasteiger partial charge in [0.15, 0.2) is 0 Å². The predicted octanol–water partition coefficient (Wildman–Crippen LogP) is 1.17. The van der Waals surface area contributed by atoms with E-state index in [1.54, 1.807) is 25.3 Å². The van der Waals surface area contributed by atoms with E-state index in [0.717, 1.165) is 5.56 Å². The van der Waals surface area contributed by atoms with Gasteiger partial charge in [-0.1, -0.05) is 18.2 Å². The van der Waals surface area contributed by atoms with Crippen molar-refractivity contribution in [2.75, 3.05) is 20.6 Å². The van der Waals surface area contributed by atoms with Crippen LogP contribution < -0.4 is 10.6 Å². The Bertz CT molecular complexity index is 497. The van der Waals surface area contributed by atoms with E-state index < -0.39 is 0 Å². The summed E-state index contributed by atoms with van der Waals surface area (Å²) in [7, 11) is 3.50.